The monoisotopic (exact) mass is 957 g/mol. The van der Waals surface area contributed by atoms with E-state index in [2.05, 4.69) is 27.7 Å². The average molecular weight is 957 g/mol. The van der Waals surface area contributed by atoms with Gasteiger partial charge in [0.1, 0.15) is 11.5 Å². The molecule has 0 saturated carbocycles. The molecule has 0 saturated heterocycles. The fourth-order valence-electron chi connectivity index (χ4n) is 9.25. The predicted molar refractivity (Wildman–Crippen MR) is 272 cm³/mol. The highest BCUT2D eigenvalue weighted by molar-refractivity contribution is 5.90. The summed E-state index contributed by atoms with van der Waals surface area (Å²) < 4.78 is 23.0. The summed E-state index contributed by atoms with van der Waals surface area (Å²) in [7, 11) is 0. The van der Waals surface area contributed by atoms with Crippen LogP contribution in [0.5, 0.6) is 11.5 Å². The fraction of sp³-hybridized carbons (Fsp3) is 0.483. The quantitative estimate of drug-likeness (QED) is 0.0420. The molecule has 70 heavy (non-hydrogen) atoms. The highest BCUT2D eigenvalue weighted by Gasteiger charge is 2.44. The summed E-state index contributed by atoms with van der Waals surface area (Å²) in [6.07, 6.45) is 6.71. The van der Waals surface area contributed by atoms with Crippen LogP contribution in [-0.2, 0) is 76.7 Å². The van der Waals surface area contributed by atoms with Gasteiger partial charge in [-0.05, 0) is 145 Å². The lowest BCUT2D eigenvalue weighted by atomic mass is 9.85. The maximum atomic E-state index is 14.5. The molecule has 0 amide bonds. The highest BCUT2D eigenvalue weighted by atomic mass is 16.6. The van der Waals surface area contributed by atoms with Gasteiger partial charge in [0, 0.05) is 50.2 Å². The van der Waals surface area contributed by atoms with Crippen LogP contribution in [0.4, 0.5) is 0 Å². The van der Waals surface area contributed by atoms with E-state index in [9.17, 15) is 29.4 Å². The van der Waals surface area contributed by atoms with Crippen molar-refractivity contribution in [3.63, 3.8) is 0 Å². The molecule has 2 aliphatic heterocycles. The molecular formula is C58H72N2O10. The van der Waals surface area contributed by atoms with Crippen LogP contribution in [0, 0.1) is 0 Å². The normalized spacial score (nSPS) is 17.2. The molecule has 0 fully saturated rings. The SMILES string of the molecule is CCCCC[C@@H](C)N=Cc1cc2c(O)c(c1)Cc1cccc3c1CC(=O)O[C@@H](C(=O)OC(C)C)[C@H](C(=O)OC(C)C)OC(=O)Cc1c(cccc1Cc1cc(C=N[C@H](C)CCCCC)cc(c1O)C3)C2. The average Bonchev–Trinajstić information content (AvgIpc) is 3.30. The highest BCUT2D eigenvalue weighted by Crippen LogP contribution is 2.36. The Morgan fingerprint density at radius 3 is 1.19 bits per heavy atom. The standard InChI is InChI=1S/C58H72N2O10/c1-9-11-13-17-37(7)59-33-39-23-45-27-41-19-15-21-43-29-47-25-40(34-60-38(8)18-14-12-10-2)26-48(54(47)64)30-44-22-16-20-42(28-46(24-39)53(45)63)50(44)32-52(62)70-56(58(66)68-36(5)6)55(57(65)67-35(3)4)69-51(61)31-49(41)43/h15-16,19-26,33-38,55-56,63-64H,9-14,17-18,27-32H2,1-8H3/t37-,38-,55-,56-/m1/s1. The Morgan fingerprint density at radius 2 is 0.886 bits per heavy atom. The maximum Gasteiger partial charge on any atom is 0.352 e. The molecule has 4 aromatic rings. The first kappa shape index (κ1) is 53.1. The van der Waals surface area contributed by atoms with Gasteiger partial charge in [0.25, 0.3) is 0 Å². The second-order valence-corrected chi connectivity index (χ2v) is 19.6. The van der Waals surface area contributed by atoms with Gasteiger partial charge in [-0.25, -0.2) is 9.59 Å². The molecule has 12 heteroatoms. The van der Waals surface area contributed by atoms with Gasteiger partial charge in [-0.3, -0.25) is 19.6 Å². The molecule has 2 N–H and O–H groups in total. The van der Waals surface area contributed by atoms with Gasteiger partial charge in [-0.1, -0.05) is 88.8 Å². The number of hydrogen-bond donors (Lipinski definition) is 2. The van der Waals surface area contributed by atoms with Crippen LogP contribution in [0.3, 0.4) is 0 Å². The molecule has 1 aliphatic carbocycles. The minimum atomic E-state index is -2.02. The van der Waals surface area contributed by atoms with E-state index in [-0.39, 0.29) is 49.3 Å². The number of benzene rings is 4. The number of ether oxygens (including phenoxy) is 4. The van der Waals surface area contributed by atoms with Crippen molar-refractivity contribution in [2.45, 2.75) is 182 Å². The number of nitrogens with zero attached hydrogens (tertiary/aromatic N) is 2. The molecule has 0 aromatic heterocycles. The molecule has 12 nitrogen and oxygen atoms in total. The lowest BCUT2D eigenvalue weighted by molar-refractivity contribution is -0.194. The van der Waals surface area contributed by atoms with Crippen molar-refractivity contribution in [2.75, 3.05) is 0 Å². The summed E-state index contributed by atoms with van der Waals surface area (Å²) in [4.78, 5) is 66.9. The third-order valence-corrected chi connectivity index (χ3v) is 12.9. The minimum Gasteiger partial charge on any atom is -0.507 e. The number of unbranched alkanes of at least 4 members (excludes halogenated alkanes) is 4. The Labute approximate surface area is 413 Å². The van der Waals surface area contributed by atoms with E-state index in [1.165, 1.54) is 0 Å². The summed E-state index contributed by atoms with van der Waals surface area (Å²) in [5.41, 5.74) is 7.69. The summed E-state index contributed by atoms with van der Waals surface area (Å²) >= 11 is 0. The van der Waals surface area contributed by atoms with E-state index >= 15 is 0 Å². The molecule has 0 spiro atoms. The Hall–Kier alpha value is -6.30. The summed E-state index contributed by atoms with van der Waals surface area (Å²) in [6.45, 7) is 15.0. The molecule has 0 radical (unpaired) electrons. The number of hydrogen-bond acceptors (Lipinski definition) is 12. The molecule has 0 unspecified atom stereocenters. The predicted octanol–water partition coefficient (Wildman–Crippen LogP) is 10.4. The van der Waals surface area contributed by atoms with Gasteiger partial charge in [-0.15, -0.1) is 0 Å². The number of phenolic OH excluding ortho intramolecular Hbond substituents is 2. The summed E-state index contributed by atoms with van der Waals surface area (Å²) in [6, 6.07) is 19.1. The first-order valence-corrected chi connectivity index (χ1v) is 25.3. The molecular weight excluding hydrogens is 885 g/mol. The molecule has 2 heterocycles. The summed E-state index contributed by atoms with van der Waals surface area (Å²) in [5.74, 6) is -3.87. The number of phenols is 2. The number of carbonyl (C=O) groups is 4. The zero-order chi connectivity index (χ0) is 50.5. The van der Waals surface area contributed by atoms with Crippen LogP contribution in [0.25, 0.3) is 0 Å². The number of esters is 4. The minimum absolute atomic E-state index is 0.0612. The van der Waals surface area contributed by atoms with Gasteiger partial charge in [-0.2, -0.15) is 0 Å². The van der Waals surface area contributed by atoms with Crippen molar-refractivity contribution in [3.05, 3.63) is 127 Å². The van der Waals surface area contributed by atoms with Crippen molar-refractivity contribution in [3.8, 4) is 11.5 Å². The van der Waals surface area contributed by atoms with E-state index in [0.717, 1.165) is 62.5 Å². The first-order chi connectivity index (χ1) is 33.5. The van der Waals surface area contributed by atoms with E-state index < -0.39 is 61.1 Å². The Bertz CT molecular complexity index is 2290. The lowest BCUT2D eigenvalue weighted by Gasteiger charge is -2.26. The van der Waals surface area contributed by atoms with Gasteiger partial charge in [0.2, 0.25) is 12.2 Å². The lowest BCUT2D eigenvalue weighted by Crippen LogP contribution is -2.48. The summed E-state index contributed by atoms with van der Waals surface area (Å²) in [5, 5.41) is 24.6. The number of carbonyl (C=O) groups excluding carboxylic acids is 4. The van der Waals surface area contributed by atoms with Crippen LogP contribution in [0.2, 0.25) is 0 Å². The number of rotatable bonds is 16. The molecule has 7 rings (SSSR count). The second kappa shape index (κ2) is 25.0. The first-order valence-electron chi connectivity index (χ1n) is 25.3. The molecule has 3 aliphatic rings. The zero-order valence-corrected chi connectivity index (χ0v) is 42.3. The topological polar surface area (TPSA) is 170 Å². The smallest absolute Gasteiger partial charge is 0.352 e. The fourth-order valence-corrected chi connectivity index (χ4v) is 9.25. The number of aliphatic imine (C=N–C) groups is 2. The van der Waals surface area contributed by atoms with Crippen LogP contribution in [0.1, 0.15) is 174 Å². The largest absolute Gasteiger partial charge is 0.507 e. The Balaban J connectivity index is 1.63. The van der Waals surface area contributed by atoms with E-state index in [1.54, 1.807) is 27.7 Å². The Morgan fingerprint density at radius 1 is 0.557 bits per heavy atom. The van der Waals surface area contributed by atoms with E-state index in [0.29, 0.717) is 55.6 Å². The van der Waals surface area contributed by atoms with E-state index in [4.69, 9.17) is 28.9 Å². The van der Waals surface area contributed by atoms with Crippen molar-refractivity contribution < 1.29 is 48.3 Å². The third kappa shape index (κ3) is 14.4. The zero-order valence-electron chi connectivity index (χ0n) is 42.3. The second-order valence-electron chi connectivity index (χ2n) is 19.6. The molecule has 10 bridgehead atoms. The van der Waals surface area contributed by atoms with E-state index in [1.807, 2.05) is 73.1 Å². The van der Waals surface area contributed by atoms with Gasteiger partial charge < -0.3 is 29.2 Å². The van der Waals surface area contributed by atoms with Crippen molar-refractivity contribution in [1.29, 1.82) is 0 Å². The van der Waals surface area contributed by atoms with Crippen LogP contribution < -0.4 is 0 Å². The van der Waals surface area contributed by atoms with Gasteiger partial charge >= 0.3 is 23.9 Å². The van der Waals surface area contributed by atoms with Gasteiger partial charge in [0.15, 0.2) is 0 Å². The third-order valence-electron chi connectivity index (χ3n) is 12.9. The van der Waals surface area contributed by atoms with Crippen LogP contribution >= 0.6 is 0 Å². The molecule has 4 aromatic carbocycles. The Kier molecular flexibility index (Phi) is 19.0. The number of fused-ring (bicyclic) bond motifs is 7. The van der Waals surface area contributed by atoms with Gasteiger partial charge in [0.05, 0.1) is 25.0 Å². The van der Waals surface area contributed by atoms with Crippen LogP contribution in [0.15, 0.2) is 70.6 Å². The van der Waals surface area contributed by atoms with Crippen molar-refractivity contribution in [2.24, 2.45) is 9.98 Å². The maximum absolute atomic E-state index is 14.5. The van der Waals surface area contributed by atoms with Crippen LogP contribution in [-0.4, -0.2) is 83.0 Å². The molecule has 374 valence electrons. The van der Waals surface area contributed by atoms with Crippen molar-refractivity contribution >= 4 is 36.3 Å². The molecule has 4 atom stereocenters. The van der Waals surface area contributed by atoms with Crippen molar-refractivity contribution in [1.82, 2.24) is 0 Å². The number of aromatic hydroxyl groups is 2.